The van der Waals surface area contributed by atoms with Gasteiger partial charge in [-0.1, -0.05) is 18.2 Å². The van der Waals surface area contributed by atoms with Crippen molar-refractivity contribution >= 4 is 17.0 Å². The number of nitrogens with zero attached hydrogens (tertiary/aromatic N) is 3. The highest BCUT2D eigenvalue weighted by Gasteiger charge is 2.12. The molecule has 0 spiro atoms. The number of carbonyl (C=O) groups excluding carboxylic acids is 1. The van der Waals surface area contributed by atoms with Crippen LogP contribution in [0.2, 0.25) is 0 Å². The predicted octanol–water partition coefficient (Wildman–Crippen LogP) is 2.21. The second-order valence-electron chi connectivity index (χ2n) is 3.99. The minimum Gasteiger partial charge on any atom is -0.463 e. The Morgan fingerprint density at radius 2 is 2.00 bits per heavy atom. The minimum atomic E-state index is -0.539. The molecule has 3 aromatic rings. The van der Waals surface area contributed by atoms with Gasteiger partial charge in [-0.05, 0) is 18.2 Å². The number of benzene rings is 1. The Labute approximate surface area is 109 Å². The van der Waals surface area contributed by atoms with Gasteiger partial charge < -0.3 is 9.30 Å². The topological polar surface area (TPSA) is 57.0 Å². The number of methoxy groups -OCH3 is 1. The fourth-order valence-corrected chi connectivity index (χ4v) is 1.90. The first kappa shape index (κ1) is 11.4. The fraction of sp³-hybridized carbons (Fsp3) is 0.0714. The van der Waals surface area contributed by atoms with Crippen LogP contribution in [0.5, 0.6) is 0 Å². The summed E-state index contributed by atoms with van der Waals surface area (Å²) in [4.78, 5) is 19.7. The van der Waals surface area contributed by atoms with Gasteiger partial charge in [0.05, 0.1) is 7.11 Å². The molecule has 0 aliphatic rings. The van der Waals surface area contributed by atoms with E-state index in [9.17, 15) is 4.79 Å². The first-order valence-corrected chi connectivity index (χ1v) is 5.77. The van der Waals surface area contributed by atoms with Gasteiger partial charge in [0.2, 0.25) is 5.82 Å². The molecule has 19 heavy (non-hydrogen) atoms. The lowest BCUT2D eigenvalue weighted by Gasteiger charge is -2.04. The molecule has 2 heterocycles. The van der Waals surface area contributed by atoms with Crippen LogP contribution in [0.4, 0.5) is 0 Å². The van der Waals surface area contributed by atoms with Crippen LogP contribution < -0.4 is 0 Å². The van der Waals surface area contributed by atoms with E-state index in [2.05, 4.69) is 14.7 Å². The quantitative estimate of drug-likeness (QED) is 0.657. The van der Waals surface area contributed by atoms with E-state index in [4.69, 9.17) is 0 Å². The average molecular weight is 253 g/mol. The van der Waals surface area contributed by atoms with E-state index in [1.165, 1.54) is 7.11 Å². The lowest BCUT2D eigenvalue weighted by molar-refractivity contribution is 0.0587. The van der Waals surface area contributed by atoms with E-state index in [0.717, 1.165) is 11.1 Å². The molecule has 0 saturated carbocycles. The van der Waals surface area contributed by atoms with Crippen LogP contribution in [0, 0.1) is 0 Å². The Hall–Kier alpha value is -2.69. The third kappa shape index (κ3) is 1.95. The fourth-order valence-electron chi connectivity index (χ4n) is 1.90. The minimum absolute atomic E-state index is 0.0610. The molecule has 0 saturated heterocycles. The van der Waals surface area contributed by atoms with Crippen molar-refractivity contribution in [1.29, 1.82) is 0 Å². The SMILES string of the molecule is COC(=O)c1ncc2ccn(-c3ccccc3)c2n1. The molecule has 94 valence electrons. The Morgan fingerprint density at radius 1 is 1.21 bits per heavy atom. The second-order valence-corrected chi connectivity index (χ2v) is 3.99. The van der Waals surface area contributed by atoms with Gasteiger partial charge in [-0.3, -0.25) is 0 Å². The van der Waals surface area contributed by atoms with E-state index in [0.29, 0.717) is 5.65 Å². The number of rotatable bonds is 2. The molecule has 2 aromatic heterocycles. The molecule has 0 N–H and O–H groups in total. The molecule has 0 amide bonds. The molecule has 0 fully saturated rings. The molecule has 5 heteroatoms. The summed E-state index contributed by atoms with van der Waals surface area (Å²) in [7, 11) is 1.31. The molecular formula is C14H11N3O2. The average Bonchev–Trinajstić information content (AvgIpc) is 2.90. The lowest BCUT2D eigenvalue weighted by Crippen LogP contribution is -2.08. The number of hydrogen-bond acceptors (Lipinski definition) is 4. The summed E-state index contributed by atoms with van der Waals surface area (Å²) in [6, 6.07) is 11.7. The molecule has 0 radical (unpaired) electrons. The number of hydrogen-bond donors (Lipinski definition) is 0. The molecule has 0 aliphatic heterocycles. The van der Waals surface area contributed by atoms with Gasteiger partial charge in [-0.25, -0.2) is 14.8 Å². The van der Waals surface area contributed by atoms with Crippen LogP contribution in [0.25, 0.3) is 16.7 Å². The third-order valence-corrected chi connectivity index (χ3v) is 2.83. The van der Waals surface area contributed by atoms with Crippen molar-refractivity contribution in [3.63, 3.8) is 0 Å². The normalized spacial score (nSPS) is 10.6. The second kappa shape index (κ2) is 4.53. The first-order valence-electron chi connectivity index (χ1n) is 5.77. The highest BCUT2D eigenvalue weighted by atomic mass is 16.5. The molecular weight excluding hydrogens is 242 g/mol. The lowest BCUT2D eigenvalue weighted by atomic mass is 10.3. The monoisotopic (exact) mass is 253 g/mol. The van der Waals surface area contributed by atoms with E-state index >= 15 is 0 Å². The van der Waals surface area contributed by atoms with Crippen molar-refractivity contribution in [2.45, 2.75) is 0 Å². The summed E-state index contributed by atoms with van der Waals surface area (Å²) < 4.78 is 6.54. The van der Waals surface area contributed by atoms with Gasteiger partial charge in [-0.2, -0.15) is 0 Å². The number of carbonyl (C=O) groups is 1. The number of ether oxygens (including phenoxy) is 1. The summed E-state index contributed by atoms with van der Waals surface area (Å²) in [6.45, 7) is 0. The van der Waals surface area contributed by atoms with E-state index in [1.807, 2.05) is 47.2 Å². The summed E-state index contributed by atoms with van der Waals surface area (Å²) in [6.07, 6.45) is 3.52. The summed E-state index contributed by atoms with van der Waals surface area (Å²) in [5.74, 6) is -0.478. The van der Waals surface area contributed by atoms with Crippen LogP contribution in [0.1, 0.15) is 10.6 Å². The summed E-state index contributed by atoms with van der Waals surface area (Å²) >= 11 is 0. The van der Waals surface area contributed by atoms with Crippen molar-refractivity contribution in [1.82, 2.24) is 14.5 Å². The first-order chi connectivity index (χ1) is 9.29. The van der Waals surface area contributed by atoms with Crippen LogP contribution in [0.3, 0.4) is 0 Å². The summed E-state index contributed by atoms with van der Waals surface area (Å²) in [5.41, 5.74) is 1.66. The number of para-hydroxylation sites is 1. The van der Waals surface area contributed by atoms with E-state index < -0.39 is 5.97 Å². The zero-order valence-electron chi connectivity index (χ0n) is 10.3. The van der Waals surface area contributed by atoms with Gasteiger partial charge in [-0.15, -0.1) is 0 Å². The number of fused-ring (bicyclic) bond motifs is 1. The zero-order chi connectivity index (χ0) is 13.2. The standard InChI is InChI=1S/C14H11N3O2/c1-19-14(18)12-15-9-10-7-8-17(13(10)16-12)11-5-3-2-4-6-11/h2-9H,1H3. The molecule has 0 aliphatic carbocycles. The Balaban J connectivity index is 2.19. The smallest absolute Gasteiger partial charge is 0.376 e. The van der Waals surface area contributed by atoms with Crippen molar-refractivity contribution in [2.24, 2.45) is 0 Å². The van der Waals surface area contributed by atoms with Crippen LogP contribution in [-0.2, 0) is 4.74 Å². The number of esters is 1. The van der Waals surface area contributed by atoms with Crippen LogP contribution in [0.15, 0.2) is 48.8 Å². The van der Waals surface area contributed by atoms with E-state index in [-0.39, 0.29) is 5.82 Å². The highest BCUT2D eigenvalue weighted by molar-refractivity contribution is 5.88. The Bertz CT molecular complexity index is 735. The maximum absolute atomic E-state index is 11.5. The molecule has 5 nitrogen and oxygen atoms in total. The molecule has 0 bridgehead atoms. The van der Waals surface area contributed by atoms with E-state index in [1.54, 1.807) is 6.20 Å². The van der Waals surface area contributed by atoms with Crippen LogP contribution >= 0.6 is 0 Å². The molecule has 1 aromatic carbocycles. The van der Waals surface area contributed by atoms with Gasteiger partial charge in [0.15, 0.2) is 0 Å². The van der Waals surface area contributed by atoms with Gasteiger partial charge in [0.1, 0.15) is 5.65 Å². The molecule has 3 rings (SSSR count). The largest absolute Gasteiger partial charge is 0.463 e. The Morgan fingerprint density at radius 3 is 2.74 bits per heavy atom. The van der Waals surface area contributed by atoms with Crippen molar-refractivity contribution in [2.75, 3.05) is 7.11 Å². The zero-order valence-corrected chi connectivity index (χ0v) is 10.3. The molecule has 0 atom stereocenters. The highest BCUT2D eigenvalue weighted by Crippen LogP contribution is 2.18. The van der Waals surface area contributed by atoms with Gasteiger partial charge in [0, 0.05) is 23.5 Å². The maximum Gasteiger partial charge on any atom is 0.376 e. The molecule has 0 unspecified atom stereocenters. The van der Waals surface area contributed by atoms with Crippen molar-refractivity contribution in [3.05, 3.63) is 54.6 Å². The maximum atomic E-state index is 11.5. The third-order valence-electron chi connectivity index (χ3n) is 2.83. The summed E-state index contributed by atoms with van der Waals surface area (Å²) in [5, 5.41) is 0.872. The van der Waals surface area contributed by atoms with Gasteiger partial charge in [0.25, 0.3) is 0 Å². The van der Waals surface area contributed by atoms with Crippen molar-refractivity contribution in [3.8, 4) is 5.69 Å². The van der Waals surface area contributed by atoms with Crippen molar-refractivity contribution < 1.29 is 9.53 Å². The number of aromatic nitrogens is 3. The predicted molar refractivity (Wildman–Crippen MR) is 70.2 cm³/mol. The van der Waals surface area contributed by atoms with Crippen LogP contribution in [-0.4, -0.2) is 27.6 Å². The Kier molecular flexibility index (Phi) is 2.72. The van der Waals surface area contributed by atoms with Gasteiger partial charge >= 0.3 is 5.97 Å².